The summed E-state index contributed by atoms with van der Waals surface area (Å²) in [6.07, 6.45) is -0.270. The molecular weight excluding hydrogens is 444 g/mol. The van der Waals surface area contributed by atoms with Gasteiger partial charge in [-0.05, 0) is 53.9 Å². The summed E-state index contributed by atoms with van der Waals surface area (Å²) in [7, 11) is 0. The fraction of sp³-hybridized carbons (Fsp3) is 0.208. The highest BCUT2D eigenvalue weighted by Gasteiger charge is 2.37. The molecule has 0 aromatic heterocycles. The molecule has 5 nitrogen and oxygen atoms in total. The van der Waals surface area contributed by atoms with Crippen molar-refractivity contribution in [2.45, 2.75) is 19.1 Å². The lowest BCUT2D eigenvalue weighted by molar-refractivity contribution is -0.145. The van der Waals surface area contributed by atoms with E-state index in [1.165, 1.54) is 0 Å². The second-order valence-electron chi connectivity index (χ2n) is 7.16. The van der Waals surface area contributed by atoms with Crippen LogP contribution in [-0.4, -0.2) is 29.1 Å². The Kier molecular flexibility index (Phi) is 6.06. The summed E-state index contributed by atoms with van der Waals surface area (Å²) in [4.78, 5) is 14.7. The van der Waals surface area contributed by atoms with Gasteiger partial charge in [0.2, 0.25) is 0 Å². The van der Waals surface area contributed by atoms with Crippen LogP contribution in [-0.2, 0) is 9.53 Å². The molecule has 1 aliphatic heterocycles. The number of carbonyl (C=O) groups is 1. The number of hydrogen-bond donors (Lipinski definition) is 2. The Hall–Kier alpha value is -2.83. The molecule has 3 aromatic carbocycles. The minimum Gasteiger partial charge on any atom is -0.508 e. The van der Waals surface area contributed by atoms with Gasteiger partial charge in [0.25, 0.3) is 0 Å². The quantitative estimate of drug-likeness (QED) is 0.503. The molecule has 30 heavy (non-hydrogen) atoms. The summed E-state index contributed by atoms with van der Waals surface area (Å²) in [5, 5.41) is 13.3. The first-order valence-corrected chi connectivity index (χ1v) is 10.7. The molecular formula is C24H23BrN2O3. The van der Waals surface area contributed by atoms with Crippen LogP contribution in [0, 0.1) is 0 Å². The van der Waals surface area contributed by atoms with Crippen LogP contribution >= 0.6 is 15.9 Å². The van der Waals surface area contributed by atoms with Gasteiger partial charge < -0.3 is 15.2 Å². The van der Waals surface area contributed by atoms with E-state index in [1.54, 1.807) is 12.1 Å². The lowest BCUT2D eigenvalue weighted by atomic mass is 9.91. The molecule has 0 bridgehead atoms. The highest BCUT2D eigenvalue weighted by atomic mass is 79.9. The number of esters is 1. The van der Waals surface area contributed by atoms with Crippen molar-refractivity contribution in [1.82, 2.24) is 4.90 Å². The number of fused-ring (bicyclic) bond motifs is 1. The highest BCUT2D eigenvalue weighted by molar-refractivity contribution is 9.10. The van der Waals surface area contributed by atoms with Crippen LogP contribution in [0.25, 0.3) is 0 Å². The smallest absolute Gasteiger partial charge is 0.320 e. The van der Waals surface area contributed by atoms with Crippen LogP contribution in [0.5, 0.6) is 5.75 Å². The van der Waals surface area contributed by atoms with Crippen molar-refractivity contribution in [1.29, 1.82) is 0 Å². The average molecular weight is 467 g/mol. The number of carbonyl (C=O) groups excluding carboxylic acids is 1. The van der Waals surface area contributed by atoms with Gasteiger partial charge in [0.05, 0.1) is 19.2 Å². The van der Waals surface area contributed by atoms with Crippen LogP contribution in [0.1, 0.15) is 35.8 Å². The Labute approximate surface area is 184 Å². The van der Waals surface area contributed by atoms with E-state index < -0.39 is 0 Å². The zero-order valence-corrected chi connectivity index (χ0v) is 18.2. The molecule has 3 aromatic rings. The molecule has 0 saturated carbocycles. The standard InChI is InChI=1S/C24H23BrN2O3/c1-2-30-22(29)15-27-23(16-6-4-3-5-7-16)20-14-18(25)10-13-21(20)26-24(27)17-8-11-19(28)12-9-17/h3-14,23-24,26,28H,2,15H2,1H3/t23-,24-/m0/s1. The lowest BCUT2D eigenvalue weighted by Crippen LogP contribution is -2.44. The number of nitrogens with zero attached hydrogens (tertiary/aromatic N) is 1. The topological polar surface area (TPSA) is 61.8 Å². The van der Waals surface area contributed by atoms with Crippen molar-refractivity contribution in [3.8, 4) is 5.75 Å². The van der Waals surface area contributed by atoms with E-state index in [4.69, 9.17) is 4.74 Å². The molecule has 2 N–H and O–H groups in total. The molecule has 154 valence electrons. The Morgan fingerprint density at radius 3 is 2.50 bits per heavy atom. The SMILES string of the molecule is CCOC(=O)CN1[C@@H](c2ccccc2)c2cc(Br)ccc2N[C@@H]1c1ccc(O)cc1. The Balaban J connectivity index is 1.86. The zero-order chi connectivity index (χ0) is 21.1. The first kappa shape index (κ1) is 20.4. The maximum atomic E-state index is 12.6. The summed E-state index contributed by atoms with van der Waals surface area (Å²) < 4.78 is 6.26. The number of halogens is 1. The maximum Gasteiger partial charge on any atom is 0.320 e. The van der Waals surface area contributed by atoms with Crippen LogP contribution in [0.3, 0.4) is 0 Å². The number of ether oxygens (including phenoxy) is 1. The zero-order valence-electron chi connectivity index (χ0n) is 16.6. The summed E-state index contributed by atoms with van der Waals surface area (Å²) in [6.45, 7) is 2.27. The van der Waals surface area contributed by atoms with E-state index in [9.17, 15) is 9.90 Å². The number of phenolic OH excluding ortho intramolecular Hbond substituents is 1. The summed E-state index contributed by atoms with van der Waals surface area (Å²) in [5.41, 5.74) is 4.12. The number of nitrogens with one attached hydrogen (secondary N) is 1. The molecule has 0 radical (unpaired) electrons. The molecule has 0 spiro atoms. The van der Waals surface area contributed by atoms with E-state index in [0.29, 0.717) is 6.61 Å². The third-order valence-electron chi connectivity index (χ3n) is 5.20. The second-order valence-corrected chi connectivity index (χ2v) is 8.08. The number of anilines is 1. The minimum atomic E-state index is -0.276. The van der Waals surface area contributed by atoms with Gasteiger partial charge in [-0.2, -0.15) is 0 Å². The number of aromatic hydroxyl groups is 1. The molecule has 0 fully saturated rings. The van der Waals surface area contributed by atoms with Gasteiger partial charge in [0.1, 0.15) is 11.9 Å². The summed E-state index contributed by atoms with van der Waals surface area (Å²) >= 11 is 3.59. The van der Waals surface area contributed by atoms with Gasteiger partial charge in [0, 0.05) is 10.2 Å². The van der Waals surface area contributed by atoms with Crippen LogP contribution in [0.15, 0.2) is 77.3 Å². The van der Waals surface area contributed by atoms with E-state index in [1.807, 2.05) is 49.4 Å². The molecule has 0 saturated heterocycles. The largest absolute Gasteiger partial charge is 0.508 e. The second kappa shape index (κ2) is 8.90. The van der Waals surface area contributed by atoms with Gasteiger partial charge in [-0.3, -0.25) is 9.69 Å². The van der Waals surface area contributed by atoms with Crippen molar-refractivity contribution in [2.75, 3.05) is 18.5 Å². The van der Waals surface area contributed by atoms with Gasteiger partial charge in [-0.15, -0.1) is 0 Å². The molecule has 0 amide bonds. The number of benzene rings is 3. The first-order valence-electron chi connectivity index (χ1n) is 9.88. The van der Waals surface area contributed by atoms with Crippen molar-refractivity contribution in [2.24, 2.45) is 0 Å². The minimum absolute atomic E-state index is 0.123. The molecule has 2 atom stereocenters. The maximum absolute atomic E-state index is 12.6. The van der Waals surface area contributed by atoms with Gasteiger partial charge in [-0.1, -0.05) is 58.4 Å². The normalized spacial score (nSPS) is 18.3. The van der Waals surface area contributed by atoms with Crippen LogP contribution < -0.4 is 5.32 Å². The molecule has 4 rings (SSSR count). The van der Waals surface area contributed by atoms with Crippen molar-refractivity contribution in [3.05, 3.63) is 94.0 Å². The van der Waals surface area contributed by atoms with Crippen molar-refractivity contribution >= 4 is 27.6 Å². The number of hydrogen-bond acceptors (Lipinski definition) is 5. The average Bonchev–Trinajstić information content (AvgIpc) is 2.75. The molecule has 6 heteroatoms. The monoisotopic (exact) mass is 466 g/mol. The van der Waals surface area contributed by atoms with Crippen molar-refractivity contribution < 1.29 is 14.6 Å². The summed E-state index contributed by atoms with van der Waals surface area (Å²) in [6, 6.07) is 23.2. The Morgan fingerprint density at radius 2 is 1.80 bits per heavy atom. The van der Waals surface area contributed by atoms with Crippen molar-refractivity contribution in [3.63, 3.8) is 0 Å². The third kappa shape index (κ3) is 4.20. The number of phenols is 1. The molecule has 1 aliphatic rings. The fourth-order valence-electron chi connectivity index (χ4n) is 3.93. The van der Waals surface area contributed by atoms with E-state index in [0.717, 1.165) is 26.9 Å². The number of rotatable bonds is 5. The highest BCUT2D eigenvalue weighted by Crippen LogP contribution is 2.44. The van der Waals surface area contributed by atoms with Gasteiger partial charge in [-0.25, -0.2) is 0 Å². The van der Waals surface area contributed by atoms with E-state index >= 15 is 0 Å². The van der Waals surface area contributed by atoms with Gasteiger partial charge in [0.15, 0.2) is 0 Å². The molecule has 1 heterocycles. The van der Waals surface area contributed by atoms with Crippen LogP contribution in [0.2, 0.25) is 0 Å². The van der Waals surface area contributed by atoms with E-state index in [-0.39, 0.29) is 30.5 Å². The lowest BCUT2D eigenvalue weighted by Gasteiger charge is -2.44. The Bertz CT molecular complexity index is 1020. The predicted octanol–water partition coefficient (Wildman–Crippen LogP) is 5.23. The molecule has 0 unspecified atom stereocenters. The summed E-state index contributed by atoms with van der Waals surface area (Å²) in [5.74, 6) is -0.0714. The first-order chi connectivity index (χ1) is 14.6. The van der Waals surface area contributed by atoms with E-state index in [2.05, 4.69) is 44.3 Å². The molecule has 0 aliphatic carbocycles. The predicted molar refractivity (Wildman–Crippen MR) is 120 cm³/mol. The Morgan fingerprint density at radius 1 is 1.07 bits per heavy atom. The van der Waals surface area contributed by atoms with Gasteiger partial charge >= 0.3 is 5.97 Å². The third-order valence-corrected chi connectivity index (χ3v) is 5.70. The van der Waals surface area contributed by atoms with Crippen LogP contribution in [0.4, 0.5) is 5.69 Å². The fourth-order valence-corrected chi connectivity index (χ4v) is 4.30.